The predicted octanol–water partition coefficient (Wildman–Crippen LogP) is 5.22. The van der Waals surface area contributed by atoms with E-state index in [1.165, 1.54) is 31.5 Å². The third kappa shape index (κ3) is 6.07. The third-order valence-corrected chi connectivity index (χ3v) is 5.99. The van der Waals surface area contributed by atoms with E-state index in [9.17, 15) is 15.0 Å². The van der Waals surface area contributed by atoms with Crippen LogP contribution in [0.3, 0.4) is 0 Å². The molecular weight excluding hydrogens is 428 g/mol. The molecule has 0 atom stereocenters. The molecule has 1 aliphatic rings. The van der Waals surface area contributed by atoms with Crippen LogP contribution in [0.4, 0.5) is 11.4 Å². The number of hydrazone groups is 1. The lowest BCUT2D eigenvalue weighted by atomic mass is 9.95. The second-order valence-electron chi connectivity index (χ2n) is 8.49. The highest BCUT2D eigenvalue weighted by Crippen LogP contribution is 2.29. The second-order valence-corrected chi connectivity index (χ2v) is 8.49. The Kier molecular flexibility index (Phi) is 7.65. The highest BCUT2D eigenvalue weighted by atomic mass is 16.3. The summed E-state index contributed by atoms with van der Waals surface area (Å²) in [6.45, 7) is 0.639. The first-order valence-electron chi connectivity index (χ1n) is 11.6. The SMILES string of the molecule is O=C(N/N=C/c1cccc(O)c1O)c1ccc(NC2CCCCC2)c(NCc2ccccc2)c1. The number of hydrogen-bond donors (Lipinski definition) is 5. The van der Waals surface area contributed by atoms with Crippen LogP contribution in [-0.4, -0.2) is 28.4 Å². The lowest BCUT2D eigenvalue weighted by Gasteiger charge is -2.25. The minimum atomic E-state index is -0.372. The van der Waals surface area contributed by atoms with Gasteiger partial charge >= 0.3 is 0 Å². The Morgan fingerprint density at radius 3 is 2.53 bits per heavy atom. The number of phenols is 2. The molecule has 1 fully saturated rings. The maximum Gasteiger partial charge on any atom is 0.271 e. The van der Waals surface area contributed by atoms with Crippen molar-refractivity contribution in [3.05, 3.63) is 83.4 Å². The van der Waals surface area contributed by atoms with Gasteiger partial charge in [0.05, 0.1) is 17.6 Å². The van der Waals surface area contributed by atoms with Crippen molar-refractivity contribution in [1.29, 1.82) is 0 Å². The number of nitrogens with zero attached hydrogens (tertiary/aromatic N) is 1. The van der Waals surface area contributed by atoms with Crippen molar-refractivity contribution in [1.82, 2.24) is 5.43 Å². The summed E-state index contributed by atoms with van der Waals surface area (Å²) in [5.74, 6) is -0.903. The number of amides is 1. The van der Waals surface area contributed by atoms with E-state index in [1.807, 2.05) is 30.3 Å². The molecule has 7 nitrogen and oxygen atoms in total. The molecule has 176 valence electrons. The first-order valence-corrected chi connectivity index (χ1v) is 11.6. The van der Waals surface area contributed by atoms with Gasteiger partial charge in [-0.2, -0.15) is 5.10 Å². The Balaban J connectivity index is 1.49. The summed E-state index contributed by atoms with van der Waals surface area (Å²) in [5.41, 5.74) is 6.24. The molecule has 0 bridgehead atoms. The molecular formula is C27H30N4O3. The molecule has 0 unspecified atom stereocenters. The van der Waals surface area contributed by atoms with Crippen LogP contribution in [0.25, 0.3) is 0 Å². The van der Waals surface area contributed by atoms with Crippen LogP contribution >= 0.6 is 0 Å². The molecule has 0 spiro atoms. The normalized spacial score (nSPS) is 14.1. The lowest BCUT2D eigenvalue weighted by Crippen LogP contribution is -2.23. The average Bonchev–Trinajstić information content (AvgIpc) is 2.87. The van der Waals surface area contributed by atoms with Crippen molar-refractivity contribution in [3.8, 4) is 11.5 Å². The van der Waals surface area contributed by atoms with E-state index < -0.39 is 0 Å². The minimum absolute atomic E-state index is 0.245. The lowest BCUT2D eigenvalue weighted by molar-refractivity contribution is 0.0955. The molecule has 0 radical (unpaired) electrons. The van der Waals surface area contributed by atoms with Gasteiger partial charge in [-0.3, -0.25) is 4.79 Å². The van der Waals surface area contributed by atoms with Crippen molar-refractivity contribution in [2.24, 2.45) is 5.10 Å². The monoisotopic (exact) mass is 458 g/mol. The van der Waals surface area contributed by atoms with E-state index in [1.54, 1.807) is 18.2 Å². The van der Waals surface area contributed by atoms with Crippen LogP contribution in [0, 0.1) is 0 Å². The number of para-hydroxylation sites is 1. The molecule has 34 heavy (non-hydrogen) atoms. The predicted molar refractivity (Wildman–Crippen MR) is 136 cm³/mol. The van der Waals surface area contributed by atoms with Gasteiger partial charge in [0, 0.05) is 23.7 Å². The molecule has 0 heterocycles. The maximum atomic E-state index is 12.7. The summed E-state index contributed by atoms with van der Waals surface area (Å²) in [4.78, 5) is 12.7. The fraction of sp³-hybridized carbons (Fsp3) is 0.259. The Morgan fingerprint density at radius 2 is 1.74 bits per heavy atom. The van der Waals surface area contributed by atoms with Crippen molar-refractivity contribution in [2.45, 2.75) is 44.7 Å². The first kappa shape index (κ1) is 23.2. The van der Waals surface area contributed by atoms with Gasteiger partial charge in [-0.05, 0) is 48.7 Å². The van der Waals surface area contributed by atoms with E-state index >= 15 is 0 Å². The van der Waals surface area contributed by atoms with Crippen LogP contribution in [0.15, 0.2) is 71.8 Å². The number of phenolic OH excluding ortho intramolecular Hbond substituents is 2. The van der Waals surface area contributed by atoms with E-state index in [2.05, 4.69) is 33.3 Å². The van der Waals surface area contributed by atoms with Crippen molar-refractivity contribution in [3.63, 3.8) is 0 Å². The number of nitrogens with one attached hydrogen (secondary N) is 3. The molecule has 0 saturated heterocycles. The van der Waals surface area contributed by atoms with Gasteiger partial charge in [0.15, 0.2) is 11.5 Å². The number of aromatic hydroxyl groups is 2. The topological polar surface area (TPSA) is 106 Å². The van der Waals surface area contributed by atoms with Gasteiger partial charge < -0.3 is 20.8 Å². The molecule has 3 aromatic rings. The van der Waals surface area contributed by atoms with Gasteiger partial charge in [0.2, 0.25) is 0 Å². The number of rotatable bonds is 8. The van der Waals surface area contributed by atoms with Crippen LogP contribution < -0.4 is 16.1 Å². The summed E-state index contributed by atoms with van der Waals surface area (Å²) >= 11 is 0. The van der Waals surface area contributed by atoms with Gasteiger partial charge in [-0.25, -0.2) is 5.43 Å². The largest absolute Gasteiger partial charge is 0.504 e. The molecule has 0 aliphatic heterocycles. The zero-order valence-corrected chi connectivity index (χ0v) is 19.0. The summed E-state index contributed by atoms with van der Waals surface area (Å²) < 4.78 is 0. The van der Waals surface area contributed by atoms with E-state index in [0.29, 0.717) is 23.7 Å². The van der Waals surface area contributed by atoms with E-state index in [4.69, 9.17) is 0 Å². The Bertz CT molecular complexity index is 1140. The average molecular weight is 459 g/mol. The van der Waals surface area contributed by atoms with Crippen LogP contribution in [0.5, 0.6) is 11.5 Å². The van der Waals surface area contributed by atoms with Gasteiger partial charge in [-0.15, -0.1) is 0 Å². The number of hydrogen-bond acceptors (Lipinski definition) is 6. The standard InChI is InChI=1S/C27H30N4O3/c32-25-13-7-10-21(26(25)33)18-29-31-27(34)20-14-15-23(30-22-11-5-2-6-12-22)24(16-20)28-17-19-8-3-1-4-9-19/h1,3-4,7-10,13-16,18,22,28,30,32-33H,2,5-6,11-12,17H2,(H,31,34)/b29-18+. The summed E-state index contributed by atoms with van der Waals surface area (Å²) in [5, 5.41) is 30.5. The Hall–Kier alpha value is -4.00. The molecule has 5 N–H and O–H groups in total. The molecule has 4 rings (SSSR count). The first-order chi connectivity index (χ1) is 16.6. The zero-order chi connectivity index (χ0) is 23.8. The minimum Gasteiger partial charge on any atom is -0.504 e. The molecule has 1 saturated carbocycles. The Labute approximate surface area is 199 Å². The highest BCUT2D eigenvalue weighted by molar-refractivity contribution is 5.97. The Morgan fingerprint density at radius 1 is 0.941 bits per heavy atom. The fourth-order valence-corrected chi connectivity index (χ4v) is 4.10. The fourth-order valence-electron chi connectivity index (χ4n) is 4.10. The molecule has 7 heteroatoms. The van der Waals surface area contributed by atoms with E-state index in [0.717, 1.165) is 29.8 Å². The summed E-state index contributed by atoms with van der Waals surface area (Å²) in [6.07, 6.45) is 7.35. The quantitative estimate of drug-likeness (QED) is 0.181. The zero-order valence-electron chi connectivity index (χ0n) is 19.0. The van der Waals surface area contributed by atoms with Crippen LogP contribution in [0.2, 0.25) is 0 Å². The number of benzene rings is 3. The smallest absolute Gasteiger partial charge is 0.271 e. The molecule has 1 aliphatic carbocycles. The number of anilines is 2. The molecule has 3 aromatic carbocycles. The second kappa shape index (κ2) is 11.2. The van der Waals surface area contributed by atoms with Crippen molar-refractivity contribution >= 4 is 23.5 Å². The summed E-state index contributed by atoms with van der Waals surface area (Å²) in [6, 6.07) is 20.6. The summed E-state index contributed by atoms with van der Waals surface area (Å²) in [7, 11) is 0. The van der Waals surface area contributed by atoms with Gasteiger partial charge in [0.25, 0.3) is 5.91 Å². The van der Waals surface area contributed by atoms with Gasteiger partial charge in [-0.1, -0.05) is 55.7 Å². The number of carbonyl (C=O) groups is 1. The highest BCUT2D eigenvalue weighted by Gasteiger charge is 2.16. The van der Waals surface area contributed by atoms with Crippen LogP contribution in [-0.2, 0) is 6.54 Å². The number of carbonyl (C=O) groups excluding carboxylic acids is 1. The maximum absolute atomic E-state index is 12.7. The van der Waals surface area contributed by atoms with Crippen LogP contribution in [0.1, 0.15) is 53.6 Å². The van der Waals surface area contributed by atoms with E-state index in [-0.39, 0.29) is 17.4 Å². The molecule has 0 aromatic heterocycles. The van der Waals surface area contributed by atoms with Gasteiger partial charge in [0.1, 0.15) is 0 Å². The van der Waals surface area contributed by atoms with Crippen molar-refractivity contribution < 1.29 is 15.0 Å². The molecule has 1 amide bonds. The van der Waals surface area contributed by atoms with Crippen molar-refractivity contribution in [2.75, 3.05) is 10.6 Å². The third-order valence-electron chi connectivity index (χ3n) is 5.99.